The Labute approximate surface area is 198 Å². The Balaban J connectivity index is 0.000000561. The molecule has 3 aromatic rings. The van der Waals surface area contributed by atoms with Crippen LogP contribution in [0.4, 0.5) is 18.9 Å². The zero-order valence-electron chi connectivity index (χ0n) is 20.4. The van der Waals surface area contributed by atoms with Crippen molar-refractivity contribution in [3.63, 3.8) is 0 Å². The van der Waals surface area contributed by atoms with Crippen molar-refractivity contribution < 1.29 is 27.5 Å². The van der Waals surface area contributed by atoms with Crippen LogP contribution in [-0.2, 0) is 16.1 Å². The van der Waals surface area contributed by atoms with Gasteiger partial charge in [-0.2, -0.15) is 4.39 Å². The molecule has 186 valence electrons. The first-order chi connectivity index (χ1) is 16.4. The van der Waals surface area contributed by atoms with Gasteiger partial charge in [-0.1, -0.05) is 58.0 Å². The third-order valence-corrected chi connectivity index (χ3v) is 3.92. The molecule has 0 fully saturated rings. The van der Waals surface area contributed by atoms with Crippen molar-refractivity contribution in [2.45, 2.75) is 48.1 Å². The predicted molar refractivity (Wildman–Crippen MR) is 127 cm³/mol. The summed E-state index contributed by atoms with van der Waals surface area (Å²) in [6.45, 7) is 12.1. The summed E-state index contributed by atoms with van der Waals surface area (Å²) in [6, 6.07) is 13.1. The van der Waals surface area contributed by atoms with Crippen molar-refractivity contribution in [3.05, 3.63) is 82.9 Å². The fourth-order valence-electron chi connectivity index (χ4n) is 2.50. The molecule has 1 amide bonds. The van der Waals surface area contributed by atoms with Crippen molar-refractivity contribution in [1.82, 2.24) is 9.78 Å². The second-order valence-electron chi connectivity index (χ2n) is 6.02. The fourth-order valence-corrected chi connectivity index (χ4v) is 2.50. The molecule has 6 nitrogen and oxygen atoms in total. The number of esters is 1. The highest BCUT2D eigenvalue weighted by atomic mass is 19.1. The summed E-state index contributed by atoms with van der Waals surface area (Å²) in [5, 5.41) is 5.60. The molecule has 2 aromatic carbocycles. The van der Waals surface area contributed by atoms with E-state index >= 15 is 0 Å². The lowest BCUT2D eigenvalue weighted by Gasteiger charge is -2.07. The first-order valence-electron chi connectivity index (χ1n) is 11.0. The van der Waals surface area contributed by atoms with Gasteiger partial charge in [0.1, 0.15) is 11.5 Å². The Morgan fingerprint density at radius 3 is 2.18 bits per heavy atom. The van der Waals surface area contributed by atoms with Crippen LogP contribution in [0.15, 0.2) is 48.5 Å². The highest BCUT2D eigenvalue weighted by molar-refractivity contribution is 5.91. The molecule has 0 atom stereocenters. The van der Waals surface area contributed by atoms with Crippen molar-refractivity contribution in [2.24, 2.45) is 0 Å². The monoisotopic (exact) mass is 479 g/mol. The number of rotatable bonds is 6. The van der Waals surface area contributed by atoms with E-state index in [0.717, 1.165) is 23.4 Å². The largest absolute Gasteiger partial charge is 0.462 e. The van der Waals surface area contributed by atoms with E-state index in [1.54, 1.807) is 11.6 Å². The summed E-state index contributed by atoms with van der Waals surface area (Å²) >= 11 is 0. The van der Waals surface area contributed by atoms with Crippen LogP contribution in [0.1, 0.15) is 56.2 Å². The van der Waals surface area contributed by atoms with E-state index in [-0.39, 0.29) is 13.0 Å². The van der Waals surface area contributed by atoms with E-state index in [1.165, 1.54) is 6.07 Å². The standard InChI is InChI=1S/C11H11FN2.C10H9F2NO3.2C2H6/c1-9-7-11(12)13-14(9)8-10-5-3-2-4-6-10;1-2-16-10(15)6-3-4-7(11)9(8(6)12)13-5-14;2*1-2/h2-7H,8H2,1H3;3-5H,2H2,1H3,(H,13,14);2*1-2H3. The van der Waals surface area contributed by atoms with Crippen molar-refractivity contribution in [2.75, 3.05) is 11.9 Å². The van der Waals surface area contributed by atoms with Crippen LogP contribution in [0.5, 0.6) is 0 Å². The molecule has 0 aliphatic rings. The maximum atomic E-state index is 13.5. The molecule has 9 heteroatoms. The molecule has 0 aliphatic heterocycles. The molecular weight excluding hydrogens is 447 g/mol. The molecular formula is C25H32F3N3O3. The van der Waals surface area contributed by atoms with Gasteiger partial charge in [0.25, 0.3) is 0 Å². The van der Waals surface area contributed by atoms with Crippen molar-refractivity contribution >= 4 is 18.1 Å². The molecule has 0 saturated carbocycles. The van der Waals surface area contributed by atoms with Gasteiger partial charge in [0, 0.05) is 11.8 Å². The van der Waals surface area contributed by atoms with Crippen LogP contribution < -0.4 is 5.32 Å². The van der Waals surface area contributed by atoms with E-state index in [1.807, 2.05) is 70.3 Å². The molecule has 3 rings (SSSR count). The molecule has 0 unspecified atom stereocenters. The van der Waals surface area contributed by atoms with E-state index in [2.05, 4.69) is 9.84 Å². The number of ether oxygens (including phenoxy) is 1. The maximum absolute atomic E-state index is 13.5. The fraction of sp³-hybridized carbons (Fsp3) is 0.320. The van der Waals surface area contributed by atoms with Crippen LogP contribution in [0.2, 0.25) is 0 Å². The zero-order valence-corrected chi connectivity index (χ0v) is 20.4. The van der Waals surface area contributed by atoms with Crippen LogP contribution in [0, 0.1) is 24.5 Å². The summed E-state index contributed by atoms with van der Waals surface area (Å²) in [4.78, 5) is 21.4. The van der Waals surface area contributed by atoms with E-state index in [9.17, 15) is 22.8 Å². The molecule has 1 aromatic heterocycles. The van der Waals surface area contributed by atoms with Crippen LogP contribution in [0.25, 0.3) is 0 Å². The summed E-state index contributed by atoms with van der Waals surface area (Å²) < 4.78 is 45.6. The Bertz CT molecular complexity index is 1010. The van der Waals surface area contributed by atoms with Gasteiger partial charge in [0.15, 0.2) is 5.82 Å². The maximum Gasteiger partial charge on any atom is 0.341 e. The number of halogens is 3. The van der Waals surface area contributed by atoms with Crippen molar-refractivity contribution in [1.29, 1.82) is 0 Å². The second-order valence-corrected chi connectivity index (χ2v) is 6.02. The highest BCUT2D eigenvalue weighted by Gasteiger charge is 2.19. The molecule has 0 radical (unpaired) electrons. The molecule has 34 heavy (non-hydrogen) atoms. The Morgan fingerprint density at radius 1 is 1.06 bits per heavy atom. The van der Waals surface area contributed by atoms with Crippen molar-refractivity contribution in [3.8, 4) is 0 Å². The minimum Gasteiger partial charge on any atom is -0.462 e. The van der Waals surface area contributed by atoms with Gasteiger partial charge in [0.05, 0.1) is 18.7 Å². The van der Waals surface area contributed by atoms with Gasteiger partial charge in [-0.05, 0) is 31.5 Å². The number of nitrogens with zero attached hydrogens (tertiary/aromatic N) is 2. The number of aromatic nitrogens is 2. The van der Waals surface area contributed by atoms with Gasteiger partial charge < -0.3 is 10.1 Å². The molecule has 0 saturated heterocycles. The SMILES string of the molecule is CC.CC.CCOC(=O)c1ccc(F)c(NC=O)c1F.Cc1cc(F)nn1Cc1ccccc1. The lowest BCUT2D eigenvalue weighted by Crippen LogP contribution is -2.10. The topological polar surface area (TPSA) is 73.2 Å². The molecule has 1 heterocycles. The number of hydrogen-bond acceptors (Lipinski definition) is 4. The Morgan fingerprint density at radius 2 is 1.68 bits per heavy atom. The predicted octanol–water partition coefficient (Wildman–Crippen LogP) is 6.14. The van der Waals surface area contributed by atoms with E-state index < -0.39 is 34.8 Å². The minimum atomic E-state index is -1.15. The number of carbonyl (C=O) groups excluding carboxylic acids is 2. The normalized spacial score (nSPS) is 9.21. The first kappa shape index (κ1) is 30.4. The number of hydrogen-bond donors (Lipinski definition) is 1. The van der Waals surface area contributed by atoms with Gasteiger partial charge in [-0.3, -0.25) is 9.48 Å². The molecule has 1 N–H and O–H groups in total. The van der Waals surface area contributed by atoms with Gasteiger partial charge in [0.2, 0.25) is 12.4 Å². The van der Waals surface area contributed by atoms with Crippen LogP contribution in [0.3, 0.4) is 0 Å². The first-order valence-corrected chi connectivity index (χ1v) is 11.0. The van der Waals surface area contributed by atoms with E-state index in [4.69, 9.17) is 0 Å². The summed E-state index contributed by atoms with van der Waals surface area (Å²) in [6.07, 6.45) is 0.121. The van der Waals surface area contributed by atoms with Crippen LogP contribution in [-0.4, -0.2) is 28.8 Å². The number of benzene rings is 2. The van der Waals surface area contributed by atoms with E-state index in [0.29, 0.717) is 6.54 Å². The molecule has 0 aliphatic carbocycles. The molecule has 0 spiro atoms. The Hall–Kier alpha value is -3.62. The average Bonchev–Trinajstić information content (AvgIpc) is 3.16. The molecule has 0 bridgehead atoms. The van der Waals surface area contributed by atoms with Gasteiger partial charge >= 0.3 is 5.97 Å². The third-order valence-electron chi connectivity index (χ3n) is 3.92. The number of amides is 1. The lowest BCUT2D eigenvalue weighted by molar-refractivity contribution is -0.105. The number of aryl methyl sites for hydroxylation is 1. The number of anilines is 1. The Kier molecular flexibility index (Phi) is 15.1. The number of nitrogens with one attached hydrogen (secondary N) is 1. The summed E-state index contributed by atoms with van der Waals surface area (Å²) in [5.74, 6) is -3.43. The van der Waals surface area contributed by atoms with Gasteiger partial charge in [-0.25, -0.2) is 13.6 Å². The zero-order chi connectivity index (χ0) is 26.1. The highest BCUT2D eigenvalue weighted by Crippen LogP contribution is 2.22. The number of carbonyl (C=O) groups is 2. The summed E-state index contributed by atoms with van der Waals surface area (Å²) in [5.41, 5.74) is 0.873. The minimum absolute atomic E-state index is 0.0755. The lowest BCUT2D eigenvalue weighted by atomic mass is 10.1. The smallest absolute Gasteiger partial charge is 0.341 e. The summed E-state index contributed by atoms with van der Waals surface area (Å²) in [7, 11) is 0. The van der Waals surface area contributed by atoms with Crippen LogP contribution >= 0.6 is 0 Å². The van der Waals surface area contributed by atoms with Gasteiger partial charge in [-0.15, -0.1) is 5.10 Å². The average molecular weight is 480 g/mol. The second kappa shape index (κ2) is 16.9. The third kappa shape index (κ3) is 9.48. The quantitative estimate of drug-likeness (QED) is 0.340.